The lowest BCUT2D eigenvalue weighted by Gasteiger charge is -2.13. The van der Waals surface area contributed by atoms with Crippen LogP contribution in [-0.2, 0) is 0 Å². The number of hydrogen-bond acceptors (Lipinski definition) is 4. The zero-order valence-electron chi connectivity index (χ0n) is 12.2. The fraction of sp³-hybridized carbons (Fsp3) is 0.312. The second kappa shape index (κ2) is 6.96. The molecular formula is C16H17ClO3S. The Labute approximate surface area is 133 Å². The minimum Gasteiger partial charge on any atom is -0.490 e. The summed E-state index contributed by atoms with van der Waals surface area (Å²) in [6.45, 7) is 6.74. The SMILES string of the molecule is CCOc1cc(Cl)c(C(=O)c2ccc(C)s2)cc1OCC. The van der Waals surface area contributed by atoms with Gasteiger partial charge in [-0.05, 0) is 39.0 Å². The van der Waals surface area contributed by atoms with Gasteiger partial charge in [0.05, 0.1) is 23.1 Å². The van der Waals surface area contributed by atoms with E-state index in [9.17, 15) is 4.79 Å². The molecule has 0 fully saturated rings. The van der Waals surface area contributed by atoms with Crippen LogP contribution in [0.4, 0.5) is 0 Å². The average molecular weight is 325 g/mol. The number of ketones is 1. The molecule has 2 aromatic rings. The lowest BCUT2D eigenvalue weighted by molar-refractivity contribution is 0.104. The standard InChI is InChI=1S/C16H17ClO3S/c1-4-19-13-8-11(12(17)9-14(13)20-5-2)16(18)15-7-6-10(3)21-15/h6-9H,4-5H2,1-3H3. The molecule has 0 unspecified atom stereocenters. The minimum absolute atomic E-state index is 0.0953. The molecule has 0 N–H and O–H groups in total. The Morgan fingerprint density at radius 3 is 2.29 bits per heavy atom. The first-order valence-corrected chi connectivity index (χ1v) is 7.96. The van der Waals surface area contributed by atoms with Gasteiger partial charge in [0.2, 0.25) is 5.78 Å². The largest absolute Gasteiger partial charge is 0.490 e. The van der Waals surface area contributed by atoms with Gasteiger partial charge in [0.25, 0.3) is 0 Å². The summed E-state index contributed by atoms with van der Waals surface area (Å²) >= 11 is 7.69. The molecule has 3 nitrogen and oxygen atoms in total. The zero-order valence-corrected chi connectivity index (χ0v) is 13.8. The first-order valence-electron chi connectivity index (χ1n) is 6.77. The molecule has 0 radical (unpaired) electrons. The molecule has 1 aromatic carbocycles. The number of halogens is 1. The molecule has 1 aromatic heterocycles. The van der Waals surface area contributed by atoms with Crippen LogP contribution in [0.2, 0.25) is 5.02 Å². The van der Waals surface area contributed by atoms with E-state index < -0.39 is 0 Å². The molecular weight excluding hydrogens is 308 g/mol. The van der Waals surface area contributed by atoms with Gasteiger partial charge in [-0.3, -0.25) is 4.79 Å². The van der Waals surface area contributed by atoms with Crippen LogP contribution in [0.25, 0.3) is 0 Å². The van der Waals surface area contributed by atoms with Crippen LogP contribution in [-0.4, -0.2) is 19.0 Å². The van der Waals surface area contributed by atoms with Crippen molar-refractivity contribution in [3.05, 3.63) is 44.6 Å². The van der Waals surface area contributed by atoms with E-state index in [1.165, 1.54) is 11.3 Å². The van der Waals surface area contributed by atoms with Crippen LogP contribution in [0.1, 0.15) is 34.0 Å². The van der Waals surface area contributed by atoms with E-state index in [1.807, 2.05) is 32.9 Å². The van der Waals surface area contributed by atoms with Gasteiger partial charge in [0, 0.05) is 16.5 Å². The van der Waals surface area contributed by atoms with E-state index in [0.717, 1.165) is 4.88 Å². The summed E-state index contributed by atoms with van der Waals surface area (Å²) in [7, 11) is 0. The number of aryl methyl sites for hydroxylation is 1. The van der Waals surface area contributed by atoms with Gasteiger partial charge >= 0.3 is 0 Å². The van der Waals surface area contributed by atoms with Crippen LogP contribution in [0.3, 0.4) is 0 Å². The van der Waals surface area contributed by atoms with Gasteiger partial charge in [-0.1, -0.05) is 11.6 Å². The molecule has 0 aliphatic rings. The van der Waals surface area contributed by atoms with Crippen LogP contribution in [0.15, 0.2) is 24.3 Å². The maximum atomic E-state index is 12.5. The highest BCUT2D eigenvalue weighted by Gasteiger charge is 2.18. The van der Waals surface area contributed by atoms with Crippen molar-refractivity contribution >= 4 is 28.7 Å². The molecule has 0 aliphatic carbocycles. The lowest BCUT2D eigenvalue weighted by atomic mass is 10.1. The van der Waals surface area contributed by atoms with Crippen LogP contribution < -0.4 is 9.47 Å². The number of carbonyl (C=O) groups is 1. The van der Waals surface area contributed by atoms with Crippen molar-refractivity contribution < 1.29 is 14.3 Å². The number of carbonyl (C=O) groups excluding carboxylic acids is 1. The quantitative estimate of drug-likeness (QED) is 0.720. The van der Waals surface area contributed by atoms with Crippen LogP contribution in [0.5, 0.6) is 11.5 Å². The minimum atomic E-state index is -0.0953. The Bertz CT molecular complexity index is 649. The summed E-state index contributed by atoms with van der Waals surface area (Å²) in [5.41, 5.74) is 0.436. The van der Waals surface area contributed by atoms with Gasteiger partial charge in [0.1, 0.15) is 0 Å². The Morgan fingerprint density at radius 1 is 1.14 bits per heavy atom. The molecule has 5 heteroatoms. The second-order valence-corrected chi connectivity index (χ2v) is 6.08. The van der Waals surface area contributed by atoms with Gasteiger partial charge in [0.15, 0.2) is 11.5 Å². The van der Waals surface area contributed by atoms with Crippen molar-refractivity contribution in [2.24, 2.45) is 0 Å². The van der Waals surface area contributed by atoms with E-state index in [4.69, 9.17) is 21.1 Å². The molecule has 0 saturated carbocycles. The Kier molecular flexibility index (Phi) is 5.26. The van der Waals surface area contributed by atoms with E-state index in [1.54, 1.807) is 12.1 Å². The van der Waals surface area contributed by atoms with E-state index in [-0.39, 0.29) is 5.78 Å². The lowest BCUT2D eigenvalue weighted by Crippen LogP contribution is -2.04. The van der Waals surface area contributed by atoms with Gasteiger partial charge in [-0.25, -0.2) is 0 Å². The molecule has 0 saturated heterocycles. The molecule has 21 heavy (non-hydrogen) atoms. The predicted molar refractivity (Wildman–Crippen MR) is 86.3 cm³/mol. The molecule has 112 valence electrons. The summed E-state index contributed by atoms with van der Waals surface area (Å²) in [5.74, 6) is 1.01. The fourth-order valence-corrected chi connectivity index (χ4v) is 3.00. The molecule has 0 amide bonds. The topological polar surface area (TPSA) is 35.5 Å². The van der Waals surface area contributed by atoms with Crippen molar-refractivity contribution in [1.82, 2.24) is 0 Å². The average Bonchev–Trinajstić information content (AvgIpc) is 2.88. The third-order valence-corrected chi connectivity index (χ3v) is 4.15. The third kappa shape index (κ3) is 3.57. The zero-order chi connectivity index (χ0) is 15.4. The molecule has 0 bridgehead atoms. The molecule has 1 heterocycles. The van der Waals surface area contributed by atoms with Crippen molar-refractivity contribution in [2.45, 2.75) is 20.8 Å². The second-order valence-electron chi connectivity index (χ2n) is 4.38. The van der Waals surface area contributed by atoms with E-state index in [2.05, 4.69) is 0 Å². The van der Waals surface area contributed by atoms with E-state index in [0.29, 0.717) is 40.2 Å². The van der Waals surface area contributed by atoms with E-state index >= 15 is 0 Å². The first-order chi connectivity index (χ1) is 10.1. The Hall–Kier alpha value is -1.52. The summed E-state index contributed by atoms with van der Waals surface area (Å²) in [6.07, 6.45) is 0. The Balaban J connectivity index is 2.43. The van der Waals surface area contributed by atoms with Gasteiger partial charge in [-0.15, -0.1) is 11.3 Å². The maximum Gasteiger partial charge on any atom is 0.204 e. The third-order valence-electron chi connectivity index (χ3n) is 2.84. The van der Waals surface area contributed by atoms with Gasteiger partial charge < -0.3 is 9.47 Å². The Morgan fingerprint density at radius 2 is 1.76 bits per heavy atom. The normalized spacial score (nSPS) is 10.5. The highest BCUT2D eigenvalue weighted by molar-refractivity contribution is 7.14. The number of rotatable bonds is 6. The van der Waals surface area contributed by atoms with Crippen LogP contribution >= 0.6 is 22.9 Å². The summed E-state index contributed by atoms with van der Waals surface area (Å²) in [6, 6.07) is 7.04. The molecule has 2 rings (SSSR count). The maximum absolute atomic E-state index is 12.5. The number of benzene rings is 1. The van der Waals surface area contributed by atoms with Crippen LogP contribution in [0, 0.1) is 6.92 Å². The number of thiophene rings is 1. The smallest absolute Gasteiger partial charge is 0.204 e. The summed E-state index contributed by atoms with van der Waals surface area (Å²) < 4.78 is 11.0. The molecule has 0 spiro atoms. The highest BCUT2D eigenvalue weighted by atomic mass is 35.5. The fourth-order valence-electron chi connectivity index (χ4n) is 1.94. The number of hydrogen-bond donors (Lipinski definition) is 0. The molecule has 0 aliphatic heterocycles. The van der Waals surface area contributed by atoms with Crippen molar-refractivity contribution in [1.29, 1.82) is 0 Å². The summed E-state index contributed by atoms with van der Waals surface area (Å²) in [5, 5.41) is 0.373. The van der Waals surface area contributed by atoms with Gasteiger partial charge in [-0.2, -0.15) is 0 Å². The first kappa shape index (κ1) is 15.9. The van der Waals surface area contributed by atoms with Crippen molar-refractivity contribution in [3.8, 4) is 11.5 Å². The summed E-state index contributed by atoms with van der Waals surface area (Å²) in [4.78, 5) is 14.3. The molecule has 0 atom stereocenters. The van der Waals surface area contributed by atoms with Crippen molar-refractivity contribution in [2.75, 3.05) is 13.2 Å². The number of ether oxygens (including phenoxy) is 2. The van der Waals surface area contributed by atoms with Crippen molar-refractivity contribution in [3.63, 3.8) is 0 Å². The highest BCUT2D eigenvalue weighted by Crippen LogP contribution is 2.35. The predicted octanol–water partition coefficient (Wildman–Crippen LogP) is 4.74. The monoisotopic (exact) mass is 324 g/mol.